The van der Waals surface area contributed by atoms with Crippen molar-refractivity contribution in [2.75, 3.05) is 27.0 Å². The number of nitrogens with zero attached hydrogens (tertiary/aromatic N) is 1. The van der Waals surface area contributed by atoms with Crippen LogP contribution in [0.25, 0.3) is 0 Å². The van der Waals surface area contributed by atoms with Crippen molar-refractivity contribution in [1.29, 1.82) is 0 Å². The SMILES string of the molecule is COC1=C[C@@]23CCCN2CCc2cc4c(cc2[C@@H]3[C@@H]1OC(=O)[C@@](O)(CCC(C)(C)O)[C@H](O)C(=O)O)OCO4. The zero-order chi connectivity index (χ0) is 27.5. The summed E-state index contributed by atoms with van der Waals surface area (Å²) in [6.07, 6.45) is 0.290. The van der Waals surface area contributed by atoms with Crippen molar-refractivity contribution in [1.82, 2.24) is 4.90 Å². The number of aliphatic hydroxyl groups excluding tert-OH is 1. The molecule has 3 aliphatic heterocycles. The van der Waals surface area contributed by atoms with Gasteiger partial charge in [0.1, 0.15) is 5.76 Å². The van der Waals surface area contributed by atoms with Crippen LogP contribution in [-0.2, 0) is 25.5 Å². The van der Waals surface area contributed by atoms with Gasteiger partial charge in [-0.2, -0.15) is 0 Å². The Bertz CT molecular complexity index is 1160. The Kier molecular flexibility index (Phi) is 6.62. The van der Waals surface area contributed by atoms with Crippen molar-refractivity contribution in [2.45, 2.75) is 80.8 Å². The minimum absolute atomic E-state index is 0.113. The molecule has 5 atom stereocenters. The maximum atomic E-state index is 13.6. The normalized spacial score (nSPS) is 28.3. The molecule has 4 N–H and O–H groups in total. The number of carboxylic acid groups (broad SMARTS) is 1. The molecule has 0 aromatic heterocycles. The highest BCUT2D eigenvalue weighted by molar-refractivity contribution is 5.88. The van der Waals surface area contributed by atoms with E-state index in [4.69, 9.17) is 18.9 Å². The third-order valence-corrected chi connectivity index (χ3v) is 8.36. The van der Waals surface area contributed by atoms with Crippen molar-refractivity contribution in [3.63, 3.8) is 0 Å². The molecule has 1 aromatic rings. The molecule has 1 fully saturated rings. The van der Waals surface area contributed by atoms with Gasteiger partial charge in [0.05, 0.1) is 24.2 Å². The number of rotatable bonds is 8. The van der Waals surface area contributed by atoms with Crippen LogP contribution in [-0.4, -0.2) is 93.2 Å². The third kappa shape index (κ3) is 4.31. The van der Waals surface area contributed by atoms with E-state index in [1.807, 2.05) is 18.2 Å². The largest absolute Gasteiger partial charge is 0.497 e. The summed E-state index contributed by atoms with van der Waals surface area (Å²) in [4.78, 5) is 27.6. The molecule has 3 heterocycles. The average molecular weight is 534 g/mol. The number of aliphatic hydroxyl groups is 3. The number of carbonyl (C=O) groups excluding carboxylic acids is 1. The molecular weight excluding hydrogens is 498 g/mol. The second-order valence-electron chi connectivity index (χ2n) is 11.3. The van der Waals surface area contributed by atoms with E-state index in [9.17, 15) is 30.0 Å². The molecule has 1 aliphatic carbocycles. The van der Waals surface area contributed by atoms with Crippen LogP contribution in [0.3, 0.4) is 0 Å². The van der Waals surface area contributed by atoms with Gasteiger partial charge in [0, 0.05) is 6.54 Å². The second-order valence-corrected chi connectivity index (χ2v) is 11.3. The van der Waals surface area contributed by atoms with E-state index < -0.39 is 53.2 Å². The van der Waals surface area contributed by atoms with Crippen LogP contribution in [0.4, 0.5) is 0 Å². The highest BCUT2D eigenvalue weighted by Crippen LogP contribution is 2.55. The molecular formula is C27H35NO10. The van der Waals surface area contributed by atoms with Gasteiger partial charge in [-0.25, -0.2) is 9.59 Å². The first kappa shape index (κ1) is 26.7. The predicted octanol–water partition coefficient (Wildman–Crippen LogP) is 1.07. The van der Waals surface area contributed by atoms with Crippen LogP contribution in [0.5, 0.6) is 11.5 Å². The Hall–Kier alpha value is -2.86. The van der Waals surface area contributed by atoms with Gasteiger partial charge in [-0.15, -0.1) is 0 Å². The lowest BCUT2D eigenvalue weighted by molar-refractivity contribution is -0.195. The summed E-state index contributed by atoms with van der Waals surface area (Å²) in [5.74, 6) is -1.88. The van der Waals surface area contributed by atoms with Gasteiger partial charge in [0.15, 0.2) is 29.3 Å². The van der Waals surface area contributed by atoms with E-state index in [0.29, 0.717) is 17.3 Å². The van der Waals surface area contributed by atoms with Crippen molar-refractivity contribution in [2.24, 2.45) is 0 Å². The summed E-state index contributed by atoms with van der Waals surface area (Å²) < 4.78 is 22.9. The zero-order valence-corrected chi connectivity index (χ0v) is 21.8. The van der Waals surface area contributed by atoms with Gasteiger partial charge >= 0.3 is 11.9 Å². The topological polar surface area (TPSA) is 155 Å². The highest BCUT2D eigenvalue weighted by Gasteiger charge is 2.59. The standard InChI is InChI=1S/C27H35NO10/c1-25(2,33)7-8-27(34,22(29)23(30)31)24(32)38-21-19(35-3)13-26-6-4-9-28(26)10-5-15-11-17-18(37-14-36-17)12-16(15)20(21)26/h11-13,20-22,29,33-34H,4-10,14H2,1-3H3,(H,30,31)/t20-,21-,22-,26-,27-/m1/s1. The Morgan fingerprint density at radius 1 is 1.18 bits per heavy atom. The van der Waals surface area contributed by atoms with Crippen LogP contribution < -0.4 is 9.47 Å². The predicted molar refractivity (Wildman–Crippen MR) is 132 cm³/mol. The van der Waals surface area contributed by atoms with E-state index in [0.717, 1.165) is 43.5 Å². The monoisotopic (exact) mass is 533 g/mol. The Morgan fingerprint density at radius 2 is 1.89 bits per heavy atom. The Morgan fingerprint density at radius 3 is 2.55 bits per heavy atom. The van der Waals surface area contributed by atoms with Gasteiger partial charge in [-0.05, 0) is 81.8 Å². The van der Waals surface area contributed by atoms with E-state index >= 15 is 0 Å². The van der Waals surface area contributed by atoms with Crippen molar-refractivity contribution in [3.8, 4) is 11.5 Å². The summed E-state index contributed by atoms with van der Waals surface area (Å²) in [5, 5.41) is 41.3. The zero-order valence-electron chi connectivity index (χ0n) is 21.8. The number of fused-ring (bicyclic) bond motifs is 3. The average Bonchev–Trinajstić information content (AvgIpc) is 3.55. The van der Waals surface area contributed by atoms with Crippen LogP contribution in [0.1, 0.15) is 56.6 Å². The molecule has 11 nitrogen and oxygen atoms in total. The summed E-state index contributed by atoms with van der Waals surface area (Å²) >= 11 is 0. The fourth-order valence-electron chi connectivity index (χ4n) is 6.36. The molecule has 0 radical (unpaired) electrons. The number of hydrogen-bond donors (Lipinski definition) is 4. The number of aliphatic carboxylic acids is 1. The number of carbonyl (C=O) groups is 2. The molecule has 208 valence electrons. The minimum Gasteiger partial charge on any atom is -0.497 e. The maximum absolute atomic E-state index is 13.6. The minimum atomic E-state index is -2.79. The maximum Gasteiger partial charge on any atom is 0.342 e. The number of carboxylic acids is 1. The van der Waals surface area contributed by atoms with Crippen molar-refractivity contribution >= 4 is 11.9 Å². The second kappa shape index (κ2) is 9.41. The fraction of sp³-hybridized carbons (Fsp3) is 0.630. The molecule has 38 heavy (non-hydrogen) atoms. The molecule has 1 saturated heterocycles. The molecule has 0 amide bonds. The van der Waals surface area contributed by atoms with E-state index in [1.165, 1.54) is 21.0 Å². The van der Waals surface area contributed by atoms with Crippen LogP contribution in [0, 0.1) is 0 Å². The van der Waals surface area contributed by atoms with E-state index in [-0.39, 0.29) is 13.2 Å². The lowest BCUT2D eigenvalue weighted by Crippen LogP contribution is -2.56. The van der Waals surface area contributed by atoms with Gasteiger partial charge < -0.3 is 39.4 Å². The summed E-state index contributed by atoms with van der Waals surface area (Å²) in [6, 6.07) is 3.86. The highest BCUT2D eigenvalue weighted by atomic mass is 16.7. The van der Waals surface area contributed by atoms with Crippen molar-refractivity contribution < 1.29 is 49.0 Å². The summed E-state index contributed by atoms with van der Waals surface area (Å²) in [6.45, 7) is 4.64. The van der Waals surface area contributed by atoms with Crippen LogP contribution in [0.15, 0.2) is 24.0 Å². The summed E-state index contributed by atoms with van der Waals surface area (Å²) in [5.41, 5.74) is -2.72. The smallest absolute Gasteiger partial charge is 0.342 e. The number of methoxy groups -OCH3 is 1. The van der Waals surface area contributed by atoms with E-state index in [2.05, 4.69) is 4.90 Å². The first-order chi connectivity index (χ1) is 17.9. The Labute approximate surface area is 220 Å². The Balaban J connectivity index is 1.56. The number of hydrogen-bond acceptors (Lipinski definition) is 10. The number of esters is 1. The van der Waals surface area contributed by atoms with Crippen LogP contribution >= 0.6 is 0 Å². The molecule has 0 saturated carbocycles. The van der Waals surface area contributed by atoms with Crippen LogP contribution in [0.2, 0.25) is 0 Å². The van der Waals surface area contributed by atoms with E-state index in [1.54, 1.807) is 0 Å². The first-order valence-electron chi connectivity index (χ1n) is 12.9. The molecule has 5 rings (SSSR count). The molecule has 11 heteroatoms. The van der Waals surface area contributed by atoms with Gasteiger partial charge in [-0.1, -0.05) is 0 Å². The third-order valence-electron chi connectivity index (χ3n) is 8.36. The summed E-state index contributed by atoms with van der Waals surface area (Å²) in [7, 11) is 1.47. The lowest BCUT2D eigenvalue weighted by atomic mass is 9.77. The number of ether oxygens (including phenoxy) is 4. The van der Waals surface area contributed by atoms with Gasteiger partial charge in [-0.3, -0.25) is 4.90 Å². The quantitative estimate of drug-likeness (QED) is 0.355. The van der Waals surface area contributed by atoms with Gasteiger partial charge in [0.25, 0.3) is 0 Å². The molecule has 4 aliphatic rings. The van der Waals surface area contributed by atoms with Gasteiger partial charge in [0.2, 0.25) is 6.79 Å². The molecule has 1 aromatic carbocycles. The number of benzene rings is 1. The molecule has 0 bridgehead atoms. The lowest BCUT2D eigenvalue weighted by Gasteiger charge is -2.40. The molecule has 0 unspecified atom stereocenters. The first-order valence-corrected chi connectivity index (χ1v) is 12.9. The van der Waals surface area contributed by atoms with Crippen molar-refractivity contribution in [3.05, 3.63) is 35.1 Å². The molecule has 1 spiro atoms. The fourth-order valence-corrected chi connectivity index (χ4v) is 6.36.